The molecule has 0 aliphatic carbocycles. The number of nitrogens with one attached hydrogen (secondary N) is 4. The first kappa shape index (κ1) is 28.8. The zero-order valence-electron chi connectivity index (χ0n) is 22.7. The number of carboxylic acid groups (broad SMARTS) is 1. The number of imidazole rings is 1. The fraction of sp³-hybridized carbons (Fsp3) is 0.464. The van der Waals surface area contributed by atoms with Gasteiger partial charge in [-0.05, 0) is 36.8 Å². The van der Waals surface area contributed by atoms with E-state index < -0.39 is 42.0 Å². The van der Waals surface area contributed by atoms with Crippen LogP contribution in [0.3, 0.4) is 0 Å². The molecule has 0 radical (unpaired) electrons. The Labute approximate surface area is 232 Å². The van der Waals surface area contributed by atoms with Crippen molar-refractivity contribution >= 4 is 34.6 Å². The number of fused-ring (bicyclic) bond motifs is 1. The summed E-state index contributed by atoms with van der Waals surface area (Å²) in [6, 6.07) is 3.99. The van der Waals surface area contributed by atoms with Crippen LogP contribution in [0.5, 0.6) is 0 Å². The number of aromatic amines is 2. The van der Waals surface area contributed by atoms with Crippen molar-refractivity contribution in [3.63, 3.8) is 0 Å². The Kier molecular flexibility index (Phi) is 9.20. The highest BCUT2D eigenvalue weighted by atomic mass is 16.4. The van der Waals surface area contributed by atoms with E-state index in [1.807, 2.05) is 44.3 Å². The molecule has 1 aromatic carbocycles. The number of carboxylic acids is 1. The standard InChI is InChI=1S/C28H37N7O5/c1-3-16(2)24(26(37)33-22(28(39)40)12-18-14-30-15-32-18)34-25(36)23-9-6-10-35(23)27(38)20(29)11-17-13-31-21-8-5-4-7-19(17)21/h4-5,7-8,13-16,20,22-24,31H,3,6,9-12,29H2,1-2H3,(H,30,32)(H,33,37)(H,34,36)(H,39,40). The summed E-state index contributed by atoms with van der Waals surface area (Å²) in [5.41, 5.74) is 8.77. The average Bonchev–Trinajstić information content (AvgIpc) is 3.72. The van der Waals surface area contributed by atoms with Gasteiger partial charge in [-0.3, -0.25) is 14.4 Å². The van der Waals surface area contributed by atoms with E-state index in [4.69, 9.17) is 5.73 Å². The second-order valence-corrected chi connectivity index (χ2v) is 10.4. The Balaban J connectivity index is 1.42. The van der Waals surface area contributed by atoms with Crippen LogP contribution in [-0.2, 0) is 32.0 Å². The number of aromatic nitrogens is 3. The second-order valence-electron chi connectivity index (χ2n) is 10.4. The Bertz CT molecular complexity index is 1340. The van der Waals surface area contributed by atoms with E-state index in [2.05, 4.69) is 25.6 Å². The maximum absolute atomic E-state index is 13.4. The third-order valence-corrected chi connectivity index (χ3v) is 7.66. The number of nitrogens with zero attached hydrogens (tertiary/aromatic N) is 2. The maximum Gasteiger partial charge on any atom is 0.326 e. The smallest absolute Gasteiger partial charge is 0.326 e. The summed E-state index contributed by atoms with van der Waals surface area (Å²) in [7, 11) is 0. The van der Waals surface area contributed by atoms with Gasteiger partial charge in [-0.15, -0.1) is 0 Å². The number of carbonyl (C=O) groups excluding carboxylic acids is 3. The predicted molar refractivity (Wildman–Crippen MR) is 148 cm³/mol. The zero-order chi connectivity index (χ0) is 28.8. The number of hydrogen-bond donors (Lipinski definition) is 6. The quantitative estimate of drug-likeness (QED) is 0.194. The normalized spacial score (nSPS) is 18.2. The van der Waals surface area contributed by atoms with Crippen molar-refractivity contribution < 1.29 is 24.3 Å². The molecule has 1 saturated heterocycles. The molecule has 0 bridgehead atoms. The Morgan fingerprint density at radius 3 is 2.65 bits per heavy atom. The van der Waals surface area contributed by atoms with E-state index in [1.165, 1.54) is 17.4 Å². The number of hydrogen-bond acceptors (Lipinski definition) is 6. The summed E-state index contributed by atoms with van der Waals surface area (Å²) >= 11 is 0. The van der Waals surface area contributed by atoms with Crippen molar-refractivity contribution in [3.05, 3.63) is 54.2 Å². The molecule has 12 heteroatoms. The van der Waals surface area contributed by atoms with Gasteiger partial charge in [-0.25, -0.2) is 9.78 Å². The number of para-hydroxylation sites is 1. The van der Waals surface area contributed by atoms with Crippen LogP contribution in [0.2, 0.25) is 0 Å². The van der Waals surface area contributed by atoms with Gasteiger partial charge in [0.25, 0.3) is 0 Å². The summed E-state index contributed by atoms with van der Waals surface area (Å²) < 4.78 is 0. The molecule has 4 rings (SSSR count). The van der Waals surface area contributed by atoms with Crippen LogP contribution in [0, 0.1) is 5.92 Å². The summed E-state index contributed by atoms with van der Waals surface area (Å²) in [6.07, 6.45) is 6.75. The largest absolute Gasteiger partial charge is 0.480 e. The number of carbonyl (C=O) groups is 4. The SMILES string of the molecule is CCC(C)C(NC(=O)C1CCCN1C(=O)C(N)Cc1c[nH]c2ccccc12)C(=O)NC(Cc1cnc[nH]1)C(=O)O. The van der Waals surface area contributed by atoms with Crippen LogP contribution >= 0.6 is 0 Å². The van der Waals surface area contributed by atoms with Crippen molar-refractivity contribution in [2.45, 2.75) is 70.1 Å². The Morgan fingerprint density at radius 1 is 1.18 bits per heavy atom. The highest BCUT2D eigenvalue weighted by Crippen LogP contribution is 2.23. The minimum absolute atomic E-state index is 0.0153. The van der Waals surface area contributed by atoms with Crippen molar-refractivity contribution in [1.29, 1.82) is 0 Å². The number of aliphatic carboxylic acids is 1. The van der Waals surface area contributed by atoms with Gasteiger partial charge in [0.2, 0.25) is 17.7 Å². The number of nitrogens with two attached hydrogens (primary N) is 1. The third-order valence-electron chi connectivity index (χ3n) is 7.66. The molecule has 5 unspecified atom stereocenters. The molecule has 3 aromatic rings. The number of H-pyrrole nitrogens is 2. The monoisotopic (exact) mass is 551 g/mol. The topological polar surface area (TPSA) is 186 Å². The molecule has 1 aliphatic rings. The first-order valence-electron chi connectivity index (χ1n) is 13.6. The Hall–Kier alpha value is -4.19. The number of amides is 3. The third kappa shape index (κ3) is 6.50. The molecule has 40 heavy (non-hydrogen) atoms. The van der Waals surface area contributed by atoms with Crippen molar-refractivity contribution in [3.8, 4) is 0 Å². The van der Waals surface area contributed by atoms with E-state index in [0.717, 1.165) is 16.5 Å². The molecule has 214 valence electrons. The molecule has 7 N–H and O–H groups in total. The highest BCUT2D eigenvalue weighted by molar-refractivity contribution is 5.95. The molecule has 0 saturated carbocycles. The van der Waals surface area contributed by atoms with Gasteiger partial charge in [0.15, 0.2) is 0 Å². The first-order chi connectivity index (χ1) is 19.2. The fourth-order valence-electron chi connectivity index (χ4n) is 5.17. The molecule has 3 heterocycles. The van der Waals surface area contributed by atoms with E-state index in [0.29, 0.717) is 37.9 Å². The van der Waals surface area contributed by atoms with Gasteiger partial charge in [-0.1, -0.05) is 38.5 Å². The number of benzene rings is 1. The van der Waals surface area contributed by atoms with Gasteiger partial charge in [0, 0.05) is 42.0 Å². The molecule has 0 spiro atoms. The molecular weight excluding hydrogens is 514 g/mol. The molecule has 1 fully saturated rings. The lowest BCUT2D eigenvalue weighted by Gasteiger charge is -2.30. The molecule has 1 aliphatic heterocycles. The summed E-state index contributed by atoms with van der Waals surface area (Å²) in [6.45, 7) is 4.08. The zero-order valence-corrected chi connectivity index (χ0v) is 22.7. The van der Waals surface area contributed by atoms with Crippen LogP contribution in [0.4, 0.5) is 0 Å². The van der Waals surface area contributed by atoms with Gasteiger partial charge in [0.05, 0.1) is 12.4 Å². The highest BCUT2D eigenvalue weighted by Gasteiger charge is 2.39. The van der Waals surface area contributed by atoms with Crippen molar-refractivity contribution in [2.24, 2.45) is 11.7 Å². The van der Waals surface area contributed by atoms with E-state index in [-0.39, 0.29) is 18.2 Å². The lowest BCUT2D eigenvalue weighted by molar-refractivity contribution is -0.143. The predicted octanol–water partition coefficient (Wildman–Crippen LogP) is 1.09. The fourth-order valence-corrected chi connectivity index (χ4v) is 5.17. The minimum atomic E-state index is -1.21. The van der Waals surface area contributed by atoms with E-state index in [9.17, 15) is 24.3 Å². The van der Waals surface area contributed by atoms with Crippen LogP contribution in [0.1, 0.15) is 44.4 Å². The number of likely N-dealkylation sites (tertiary alicyclic amines) is 1. The maximum atomic E-state index is 13.4. The van der Waals surface area contributed by atoms with Crippen molar-refractivity contribution in [1.82, 2.24) is 30.5 Å². The lowest BCUT2D eigenvalue weighted by atomic mass is 9.97. The summed E-state index contributed by atoms with van der Waals surface area (Å²) in [4.78, 5) is 63.2. The Morgan fingerprint density at radius 2 is 1.95 bits per heavy atom. The van der Waals surface area contributed by atoms with E-state index in [1.54, 1.807) is 0 Å². The summed E-state index contributed by atoms with van der Waals surface area (Å²) in [5.74, 6) is -2.85. The van der Waals surface area contributed by atoms with Gasteiger partial charge in [-0.2, -0.15) is 0 Å². The minimum Gasteiger partial charge on any atom is -0.480 e. The first-order valence-corrected chi connectivity index (χ1v) is 13.6. The van der Waals surface area contributed by atoms with Gasteiger partial charge in [0.1, 0.15) is 18.1 Å². The van der Waals surface area contributed by atoms with Crippen LogP contribution in [0.25, 0.3) is 10.9 Å². The molecule has 2 aromatic heterocycles. The van der Waals surface area contributed by atoms with Crippen LogP contribution in [-0.4, -0.2) is 79.4 Å². The molecular formula is C28H37N7O5. The van der Waals surface area contributed by atoms with E-state index >= 15 is 0 Å². The van der Waals surface area contributed by atoms with Crippen LogP contribution in [0.15, 0.2) is 43.0 Å². The number of rotatable bonds is 12. The average molecular weight is 552 g/mol. The van der Waals surface area contributed by atoms with Crippen LogP contribution < -0.4 is 16.4 Å². The molecule has 3 amide bonds. The van der Waals surface area contributed by atoms with Gasteiger partial charge >= 0.3 is 5.97 Å². The van der Waals surface area contributed by atoms with Gasteiger partial charge < -0.3 is 36.3 Å². The second kappa shape index (κ2) is 12.8. The summed E-state index contributed by atoms with van der Waals surface area (Å²) in [5, 5.41) is 16.0. The molecule has 5 atom stereocenters. The lowest BCUT2D eigenvalue weighted by Crippen LogP contribution is -2.58. The van der Waals surface area contributed by atoms with Crippen molar-refractivity contribution in [2.75, 3.05) is 6.54 Å². The molecule has 12 nitrogen and oxygen atoms in total.